The molecule has 0 spiro atoms. The summed E-state index contributed by atoms with van der Waals surface area (Å²) in [4.78, 5) is 41.7. The fourth-order valence-electron chi connectivity index (χ4n) is 4.72. The Morgan fingerprint density at radius 3 is 2.50 bits per heavy atom. The van der Waals surface area contributed by atoms with Crippen LogP contribution < -0.4 is 4.74 Å². The number of fused-ring (bicyclic) bond motifs is 1. The van der Waals surface area contributed by atoms with Gasteiger partial charge in [-0.3, -0.25) is 19.3 Å². The van der Waals surface area contributed by atoms with E-state index in [1.165, 1.54) is 4.90 Å². The molecule has 168 valence electrons. The van der Waals surface area contributed by atoms with Gasteiger partial charge in [0.05, 0.1) is 24.3 Å². The van der Waals surface area contributed by atoms with Crippen LogP contribution >= 0.6 is 0 Å². The molecule has 6 nitrogen and oxygen atoms in total. The molecule has 2 aliphatic rings. The highest BCUT2D eigenvalue weighted by molar-refractivity contribution is 6.21. The van der Waals surface area contributed by atoms with Gasteiger partial charge in [-0.15, -0.1) is 0 Å². The summed E-state index contributed by atoms with van der Waals surface area (Å²) in [6.07, 6.45) is 4.93. The van der Waals surface area contributed by atoms with E-state index < -0.39 is 0 Å². The quantitative estimate of drug-likeness (QED) is 0.627. The highest BCUT2D eigenvalue weighted by atomic mass is 16.5. The third-order valence-electron chi connectivity index (χ3n) is 6.47. The van der Waals surface area contributed by atoms with E-state index >= 15 is 0 Å². The van der Waals surface area contributed by atoms with Crippen molar-refractivity contribution in [3.05, 3.63) is 64.7 Å². The molecule has 0 bridgehead atoms. The van der Waals surface area contributed by atoms with Gasteiger partial charge in [-0.25, -0.2) is 0 Å². The first-order chi connectivity index (χ1) is 15.5. The van der Waals surface area contributed by atoms with Gasteiger partial charge in [0, 0.05) is 19.5 Å². The molecule has 2 aliphatic heterocycles. The second-order valence-electron chi connectivity index (χ2n) is 8.64. The Morgan fingerprint density at radius 2 is 1.75 bits per heavy atom. The number of hydrogen-bond donors (Lipinski definition) is 0. The van der Waals surface area contributed by atoms with Gasteiger partial charge in [0.15, 0.2) is 0 Å². The van der Waals surface area contributed by atoms with Gasteiger partial charge in [-0.05, 0) is 56.0 Å². The minimum Gasteiger partial charge on any atom is -0.497 e. The van der Waals surface area contributed by atoms with Crippen LogP contribution in [-0.4, -0.2) is 47.7 Å². The highest BCUT2D eigenvalue weighted by Crippen LogP contribution is 2.32. The summed E-state index contributed by atoms with van der Waals surface area (Å²) >= 11 is 0. The predicted molar refractivity (Wildman–Crippen MR) is 122 cm³/mol. The van der Waals surface area contributed by atoms with Crippen LogP contribution in [-0.2, 0) is 4.79 Å². The zero-order chi connectivity index (χ0) is 22.7. The molecule has 0 saturated carbocycles. The molecule has 2 aromatic rings. The van der Waals surface area contributed by atoms with Crippen LogP contribution in [0, 0.1) is 6.92 Å². The molecule has 4 rings (SSSR count). The number of benzene rings is 2. The van der Waals surface area contributed by atoms with Gasteiger partial charge in [0.2, 0.25) is 5.91 Å². The molecule has 2 aromatic carbocycles. The Kier molecular flexibility index (Phi) is 6.58. The topological polar surface area (TPSA) is 66.9 Å². The van der Waals surface area contributed by atoms with E-state index in [0.29, 0.717) is 24.0 Å². The van der Waals surface area contributed by atoms with Crippen LogP contribution in [0.2, 0.25) is 0 Å². The van der Waals surface area contributed by atoms with Crippen molar-refractivity contribution in [2.75, 3.05) is 20.2 Å². The summed E-state index contributed by atoms with van der Waals surface area (Å²) in [5.41, 5.74) is 3.00. The summed E-state index contributed by atoms with van der Waals surface area (Å²) in [5, 5.41) is 0. The minimum absolute atomic E-state index is 0.0539. The molecule has 0 unspecified atom stereocenters. The lowest BCUT2D eigenvalue weighted by molar-refractivity contribution is -0.133. The lowest BCUT2D eigenvalue weighted by atomic mass is 10.00. The van der Waals surface area contributed by atoms with Gasteiger partial charge in [-0.2, -0.15) is 0 Å². The number of imide groups is 1. The Bertz CT molecular complexity index is 1010. The number of hydrogen-bond acceptors (Lipinski definition) is 4. The molecule has 1 atom stereocenters. The van der Waals surface area contributed by atoms with Crippen molar-refractivity contribution >= 4 is 17.7 Å². The van der Waals surface area contributed by atoms with E-state index in [9.17, 15) is 14.4 Å². The maximum atomic E-state index is 13.2. The number of carbonyl (C=O) groups is 3. The Morgan fingerprint density at radius 1 is 1.00 bits per heavy atom. The molecule has 3 amide bonds. The number of likely N-dealkylation sites (tertiary alicyclic amines) is 1. The number of rotatable bonds is 6. The number of ether oxygens (including phenoxy) is 1. The van der Waals surface area contributed by atoms with Crippen molar-refractivity contribution in [1.29, 1.82) is 0 Å². The van der Waals surface area contributed by atoms with Crippen molar-refractivity contribution in [3.8, 4) is 5.75 Å². The normalized spacial score (nSPS) is 18.5. The molecule has 0 N–H and O–H groups in total. The van der Waals surface area contributed by atoms with Crippen molar-refractivity contribution in [1.82, 2.24) is 9.80 Å². The predicted octanol–water partition coefficient (Wildman–Crippen LogP) is 4.52. The fourth-order valence-corrected chi connectivity index (χ4v) is 4.72. The molecule has 1 fully saturated rings. The van der Waals surface area contributed by atoms with Crippen molar-refractivity contribution < 1.29 is 19.1 Å². The summed E-state index contributed by atoms with van der Waals surface area (Å²) in [5.74, 6) is 0.368. The van der Waals surface area contributed by atoms with E-state index in [2.05, 4.69) is 0 Å². The summed E-state index contributed by atoms with van der Waals surface area (Å²) in [7, 11) is 1.64. The largest absolute Gasteiger partial charge is 0.497 e. The molecule has 0 aromatic heterocycles. The number of carbonyl (C=O) groups excluding carboxylic acids is 3. The first kappa shape index (κ1) is 22.1. The number of amides is 3. The minimum atomic E-state index is -0.261. The number of aryl methyl sites for hydroxylation is 1. The van der Waals surface area contributed by atoms with Crippen molar-refractivity contribution in [2.45, 2.75) is 51.5 Å². The maximum Gasteiger partial charge on any atom is 0.261 e. The Balaban J connectivity index is 1.40. The zero-order valence-corrected chi connectivity index (χ0v) is 18.8. The lowest BCUT2D eigenvalue weighted by Crippen LogP contribution is -2.36. The van der Waals surface area contributed by atoms with Crippen LogP contribution in [0.1, 0.15) is 76.4 Å². The highest BCUT2D eigenvalue weighted by Gasteiger charge is 2.35. The first-order valence-corrected chi connectivity index (χ1v) is 11.4. The van der Waals surface area contributed by atoms with Crippen molar-refractivity contribution in [3.63, 3.8) is 0 Å². The first-order valence-electron chi connectivity index (χ1n) is 11.4. The van der Waals surface area contributed by atoms with E-state index in [0.717, 1.165) is 49.1 Å². The molecule has 1 saturated heterocycles. The van der Waals surface area contributed by atoms with E-state index in [-0.39, 0.29) is 30.3 Å². The Hall–Kier alpha value is -3.15. The maximum absolute atomic E-state index is 13.2. The second-order valence-corrected chi connectivity index (χ2v) is 8.64. The second kappa shape index (κ2) is 9.55. The van der Waals surface area contributed by atoms with Crippen LogP contribution in [0.3, 0.4) is 0 Å². The molecule has 6 heteroatoms. The molecule has 2 heterocycles. The standard InChI is InChI=1S/C26H30N2O4/c1-18-9-14-21-22(17-18)26(31)28(25(21)30)16-6-8-24(29)27-15-5-3-4-7-23(27)19-10-12-20(32-2)13-11-19/h9-14,17,23H,3-8,15-16H2,1-2H3/t23-/m1/s1. The zero-order valence-electron chi connectivity index (χ0n) is 18.8. The molecular weight excluding hydrogens is 404 g/mol. The lowest BCUT2D eigenvalue weighted by Gasteiger charge is -2.31. The fraction of sp³-hybridized carbons (Fsp3) is 0.423. The van der Waals surface area contributed by atoms with Crippen LogP contribution in [0.25, 0.3) is 0 Å². The molecular formula is C26H30N2O4. The van der Waals surface area contributed by atoms with Gasteiger partial charge >= 0.3 is 0 Å². The molecule has 32 heavy (non-hydrogen) atoms. The van der Waals surface area contributed by atoms with Crippen LogP contribution in [0.5, 0.6) is 5.75 Å². The monoisotopic (exact) mass is 434 g/mol. The summed E-state index contributed by atoms with van der Waals surface area (Å²) < 4.78 is 5.26. The number of nitrogens with zero attached hydrogens (tertiary/aromatic N) is 2. The third kappa shape index (κ3) is 4.40. The SMILES string of the molecule is COc1ccc([C@H]2CCCCCN2C(=O)CCCN2C(=O)c3ccc(C)cc3C2=O)cc1. The molecule has 0 radical (unpaired) electrons. The van der Waals surface area contributed by atoms with Crippen LogP contribution in [0.15, 0.2) is 42.5 Å². The third-order valence-corrected chi connectivity index (χ3v) is 6.47. The van der Waals surface area contributed by atoms with E-state index in [1.54, 1.807) is 19.2 Å². The van der Waals surface area contributed by atoms with Gasteiger partial charge in [0.25, 0.3) is 11.8 Å². The van der Waals surface area contributed by atoms with Crippen LogP contribution in [0.4, 0.5) is 0 Å². The Labute approximate surface area is 189 Å². The van der Waals surface area contributed by atoms with Gasteiger partial charge in [-0.1, -0.05) is 36.6 Å². The van der Waals surface area contributed by atoms with Crippen molar-refractivity contribution in [2.24, 2.45) is 0 Å². The average molecular weight is 435 g/mol. The van der Waals surface area contributed by atoms with E-state index in [4.69, 9.17) is 4.74 Å². The number of methoxy groups -OCH3 is 1. The smallest absolute Gasteiger partial charge is 0.261 e. The average Bonchev–Trinajstić information content (AvgIpc) is 2.97. The summed E-state index contributed by atoms with van der Waals surface area (Å²) in [6.45, 7) is 2.90. The van der Waals surface area contributed by atoms with Gasteiger partial charge in [0.1, 0.15) is 5.75 Å². The molecule has 0 aliphatic carbocycles. The van der Waals surface area contributed by atoms with E-state index in [1.807, 2.05) is 42.2 Å². The van der Waals surface area contributed by atoms with Gasteiger partial charge < -0.3 is 9.64 Å². The summed E-state index contributed by atoms with van der Waals surface area (Å²) in [6, 6.07) is 13.3.